The van der Waals surface area contributed by atoms with Gasteiger partial charge >= 0.3 is 0 Å². The van der Waals surface area contributed by atoms with Gasteiger partial charge in [0.25, 0.3) is 0 Å². The van der Waals surface area contributed by atoms with E-state index in [9.17, 15) is 4.39 Å². The van der Waals surface area contributed by atoms with Gasteiger partial charge in [0.15, 0.2) is 11.6 Å². The molecule has 0 unspecified atom stereocenters. The van der Waals surface area contributed by atoms with Gasteiger partial charge in [0.2, 0.25) is 0 Å². The molecule has 0 saturated heterocycles. The topological polar surface area (TPSA) is 21.3 Å². The van der Waals surface area contributed by atoms with E-state index < -0.39 is 0 Å². The van der Waals surface area contributed by atoms with Crippen LogP contribution in [-0.2, 0) is 6.54 Å². The van der Waals surface area contributed by atoms with E-state index in [1.54, 1.807) is 18.2 Å². The Kier molecular flexibility index (Phi) is 5.38. The molecule has 3 heteroatoms. The summed E-state index contributed by atoms with van der Waals surface area (Å²) in [5.41, 5.74) is 0.615. The van der Waals surface area contributed by atoms with Crippen LogP contribution in [0.25, 0.3) is 0 Å². The second-order valence-electron chi connectivity index (χ2n) is 3.29. The second kappa shape index (κ2) is 6.86. The van der Waals surface area contributed by atoms with Crippen LogP contribution >= 0.6 is 0 Å². The van der Waals surface area contributed by atoms with E-state index in [0.29, 0.717) is 12.1 Å². The molecule has 1 N–H and O–H groups in total. The fourth-order valence-corrected chi connectivity index (χ4v) is 1.35. The Morgan fingerprint density at radius 3 is 2.94 bits per heavy atom. The molecule has 0 aromatic heterocycles. The van der Waals surface area contributed by atoms with Gasteiger partial charge in [-0.15, -0.1) is 11.8 Å². The highest BCUT2D eigenvalue weighted by Gasteiger charge is 2.06. The normalized spacial score (nSPS) is 9.44. The fraction of sp³-hybridized carbons (Fsp3) is 0.385. The Labute approximate surface area is 95.8 Å². The van der Waals surface area contributed by atoms with Crippen molar-refractivity contribution in [1.29, 1.82) is 0 Å². The van der Waals surface area contributed by atoms with Gasteiger partial charge in [0.1, 0.15) is 0 Å². The lowest BCUT2D eigenvalue weighted by Gasteiger charge is -2.07. The molecule has 0 fully saturated rings. The fourth-order valence-electron chi connectivity index (χ4n) is 1.35. The maximum Gasteiger partial charge on any atom is 0.169 e. The lowest BCUT2D eigenvalue weighted by atomic mass is 10.2. The zero-order valence-corrected chi connectivity index (χ0v) is 9.64. The van der Waals surface area contributed by atoms with Crippen molar-refractivity contribution in [3.63, 3.8) is 0 Å². The van der Waals surface area contributed by atoms with Crippen molar-refractivity contribution in [3.8, 4) is 17.6 Å². The van der Waals surface area contributed by atoms with Crippen LogP contribution in [0.4, 0.5) is 4.39 Å². The third kappa shape index (κ3) is 3.56. The summed E-state index contributed by atoms with van der Waals surface area (Å²) in [4.78, 5) is 0. The summed E-state index contributed by atoms with van der Waals surface area (Å²) in [5, 5.41) is 3.13. The molecule has 0 aliphatic rings. The van der Waals surface area contributed by atoms with Crippen LogP contribution in [0, 0.1) is 17.7 Å². The summed E-state index contributed by atoms with van der Waals surface area (Å²) in [6, 6.07) is 5.14. The number of benzene rings is 1. The highest BCUT2D eigenvalue weighted by atomic mass is 19.1. The standard InChI is InChI=1S/C13H16FNO/c1-3-4-5-9-15-10-11-7-6-8-12(16-2)13(11)14/h6-8,15H,5,9-10H2,1-2H3. The molecule has 0 heterocycles. The molecular weight excluding hydrogens is 205 g/mol. The minimum atomic E-state index is -0.293. The Balaban J connectivity index is 2.49. The number of ether oxygens (including phenoxy) is 1. The predicted octanol–water partition coefficient (Wildman–Crippen LogP) is 2.34. The molecule has 1 rings (SSSR count). The van der Waals surface area contributed by atoms with Crippen molar-refractivity contribution in [2.24, 2.45) is 0 Å². The zero-order chi connectivity index (χ0) is 11.8. The van der Waals surface area contributed by atoms with Gasteiger partial charge in [-0.05, 0) is 13.0 Å². The van der Waals surface area contributed by atoms with E-state index >= 15 is 0 Å². The van der Waals surface area contributed by atoms with Crippen LogP contribution in [0.2, 0.25) is 0 Å². The number of nitrogens with one attached hydrogen (secondary N) is 1. The number of hydrogen-bond donors (Lipinski definition) is 1. The second-order valence-corrected chi connectivity index (χ2v) is 3.29. The Bertz CT molecular complexity index is 393. The SMILES string of the molecule is CC#CCCNCc1cccc(OC)c1F. The van der Waals surface area contributed by atoms with Crippen LogP contribution in [0.3, 0.4) is 0 Å². The highest BCUT2D eigenvalue weighted by Crippen LogP contribution is 2.19. The van der Waals surface area contributed by atoms with E-state index in [-0.39, 0.29) is 11.6 Å². The van der Waals surface area contributed by atoms with E-state index in [0.717, 1.165) is 13.0 Å². The van der Waals surface area contributed by atoms with Crippen LogP contribution in [0.1, 0.15) is 18.9 Å². The smallest absolute Gasteiger partial charge is 0.169 e. The molecule has 2 nitrogen and oxygen atoms in total. The average molecular weight is 221 g/mol. The van der Waals surface area contributed by atoms with Gasteiger partial charge < -0.3 is 10.1 Å². The minimum Gasteiger partial charge on any atom is -0.494 e. The van der Waals surface area contributed by atoms with E-state index in [1.807, 2.05) is 6.92 Å². The zero-order valence-electron chi connectivity index (χ0n) is 9.64. The van der Waals surface area contributed by atoms with Gasteiger partial charge in [-0.1, -0.05) is 12.1 Å². The number of hydrogen-bond acceptors (Lipinski definition) is 2. The minimum absolute atomic E-state index is 0.285. The number of halogens is 1. The first-order valence-electron chi connectivity index (χ1n) is 5.21. The summed E-state index contributed by atoms with van der Waals surface area (Å²) in [5.74, 6) is 5.75. The molecule has 0 aliphatic heterocycles. The first-order chi connectivity index (χ1) is 7.79. The van der Waals surface area contributed by atoms with Crippen molar-refractivity contribution >= 4 is 0 Å². The molecule has 0 bridgehead atoms. The average Bonchev–Trinajstić information content (AvgIpc) is 2.31. The van der Waals surface area contributed by atoms with Crippen molar-refractivity contribution in [2.45, 2.75) is 19.9 Å². The summed E-state index contributed by atoms with van der Waals surface area (Å²) in [7, 11) is 1.46. The summed E-state index contributed by atoms with van der Waals surface area (Å²) in [6.07, 6.45) is 0.780. The van der Waals surface area contributed by atoms with Crippen LogP contribution in [0.5, 0.6) is 5.75 Å². The van der Waals surface area contributed by atoms with Crippen molar-refractivity contribution in [3.05, 3.63) is 29.6 Å². The van der Waals surface area contributed by atoms with Crippen LogP contribution in [0.15, 0.2) is 18.2 Å². The molecule has 0 aliphatic carbocycles. The van der Waals surface area contributed by atoms with Gasteiger partial charge in [-0.2, -0.15) is 0 Å². The van der Waals surface area contributed by atoms with E-state index in [1.165, 1.54) is 7.11 Å². The first-order valence-corrected chi connectivity index (χ1v) is 5.21. The Morgan fingerprint density at radius 2 is 2.25 bits per heavy atom. The molecular formula is C13H16FNO. The number of rotatable bonds is 5. The Morgan fingerprint density at radius 1 is 1.44 bits per heavy atom. The van der Waals surface area contributed by atoms with Crippen molar-refractivity contribution in [1.82, 2.24) is 5.32 Å². The summed E-state index contributed by atoms with van der Waals surface area (Å²) >= 11 is 0. The quantitative estimate of drug-likeness (QED) is 0.608. The predicted molar refractivity (Wildman–Crippen MR) is 62.7 cm³/mol. The van der Waals surface area contributed by atoms with Crippen LogP contribution < -0.4 is 10.1 Å². The van der Waals surface area contributed by atoms with Gasteiger partial charge in [0.05, 0.1) is 7.11 Å². The molecule has 0 radical (unpaired) electrons. The maximum atomic E-state index is 13.7. The Hall–Kier alpha value is -1.53. The lowest BCUT2D eigenvalue weighted by Crippen LogP contribution is -2.15. The van der Waals surface area contributed by atoms with E-state index in [2.05, 4.69) is 17.2 Å². The molecule has 86 valence electrons. The van der Waals surface area contributed by atoms with Gasteiger partial charge in [0, 0.05) is 25.1 Å². The molecule has 0 atom stereocenters. The monoisotopic (exact) mass is 221 g/mol. The number of methoxy groups -OCH3 is 1. The molecule has 0 saturated carbocycles. The van der Waals surface area contributed by atoms with Crippen molar-refractivity contribution < 1.29 is 9.13 Å². The molecule has 0 amide bonds. The van der Waals surface area contributed by atoms with Crippen LogP contribution in [-0.4, -0.2) is 13.7 Å². The van der Waals surface area contributed by atoms with Gasteiger partial charge in [-0.25, -0.2) is 4.39 Å². The van der Waals surface area contributed by atoms with E-state index in [4.69, 9.17) is 4.74 Å². The first kappa shape index (κ1) is 12.5. The largest absolute Gasteiger partial charge is 0.494 e. The molecule has 1 aromatic carbocycles. The third-order valence-corrected chi connectivity index (χ3v) is 2.18. The summed E-state index contributed by atoms with van der Waals surface area (Å²) < 4.78 is 18.6. The third-order valence-electron chi connectivity index (χ3n) is 2.18. The van der Waals surface area contributed by atoms with Gasteiger partial charge in [-0.3, -0.25) is 0 Å². The summed E-state index contributed by atoms with van der Waals surface area (Å²) in [6.45, 7) is 3.06. The lowest BCUT2D eigenvalue weighted by molar-refractivity contribution is 0.383. The van der Waals surface area contributed by atoms with Crippen molar-refractivity contribution in [2.75, 3.05) is 13.7 Å². The molecule has 0 spiro atoms. The highest BCUT2D eigenvalue weighted by molar-refractivity contribution is 5.30. The molecule has 16 heavy (non-hydrogen) atoms. The maximum absolute atomic E-state index is 13.7. The molecule has 1 aromatic rings.